The number of carbonyl (C=O) groups is 3. The van der Waals surface area contributed by atoms with Gasteiger partial charge in [-0.25, -0.2) is 9.69 Å². The minimum atomic E-state index is -0.927. The highest BCUT2D eigenvalue weighted by Crippen LogP contribution is 2.24. The Bertz CT molecular complexity index is 617. The van der Waals surface area contributed by atoms with Crippen molar-refractivity contribution in [3.05, 3.63) is 0 Å². The van der Waals surface area contributed by atoms with Gasteiger partial charge in [-0.05, 0) is 18.3 Å². The molecule has 1 aromatic rings. The third-order valence-electron chi connectivity index (χ3n) is 3.14. The van der Waals surface area contributed by atoms with Gasteiger partial charge in [0.25, 0.3) is 5.91 Å². The molecule has 25 heavy (non-hydrogen) atoms. The van der Waals surface area contributed by atoms with Crippen molar-refractivity contribution in [3.8, 4) is 6.01 Å². The zero-order valence-corrected chi connectivity index (χ0v) is 15.9. The summed E-state index contributed by atoms with van der Waals surface area (Å²) >= 11 is 0.875. The number of amides is 4. The van der Waals surface area contributed by atoms with E-state index in [1.807, 2.05) is 27.7 Å². The summed E-state index contributed by atoms with van der Waals surface area (Å²) in [6.07, 6.45) is 0.488. The van der Waals surface area contributed by atoms with Crippen LogP contribution in [0.1, 0.15) is 40.5 Å². The van der Waals surface area contributed by atoms with Crippen molar-refractivity contribution in [1.82, 2.24) is 14.7 Å². The first-order valence-corrected chi connectivity index (χ1v) is 8.73. The standard InChI is InChI=1S/C15H25N5O4S/c1-8(2)6-10(17-13(16)23)12(22)20(11(21)7-9(3)4)15-18-14(24-5)19-25-15/h8-10H,6-7H2,1-5H3,(H3,16,17,23). The molecule has 9 nitrogen and oxygen atoms in total. The van der Waals surface area contributed by atoms with Gasteiger partial charge in [0, 0.05) is 18.0 Å². The van der Waals surface area contributed by atoms with E-state index in [1.54, 1.807) is 0 Å². The molecule has 0 fully saturated rings. The normalized spacial score (nSPS) is 12.1. The number of hydrogen-bond acceptors (Lipinski definition) is 7. The van der Waals surface area contributed by atoms with Crippen LogP contribution in [0.4, 0.5) is 9.93 Å². The van der Waals surface area contributed by atoms with Crippen molar-refractivity contribution in [2.75, 3.05) is 12.0 Å². The number of aromatic nitrogens is 2. The third kappa shape index (κ3) is 6.29. The van der Waals surface area contributed by atoms with Gasteiger partial charge < -0.3 is 15.8 Å². The van der Waals surface area contributed by atoms with E-state index in [1.165, 1.54) is 7.11 Å². The van der Waals surface area contributed by atoms with Gasteiger partial charge in [0.1, 0.15) is 6.04 Å². The van der Waals surface area contributed by atoms with E-state index in [0.29, 0.717) is 6.42 Å². The average molecular weight is 371 g/mol. The molecule has 0 bridgehead atoms. The van der Waals surface area contributed by atoms with Crippen LogP contribution in [0.2, 0.25) is 0 Å². The highest BCUT2D eigenvalue weighted by molar-refractivity contribution is 7.10. The molecule has 0 aliphatic carbocycles. The number of anilines is 1. The van der Waals surface area contributed by atoms with Crippen LogP contribution in [0.25, 0.3) is 0 Å². The summed E-state index contributed by atoms with van der Waals surface area (Å²) in [5.74, 6) is -0.854. The number of nitrogens with zero attached hydrogens (tertiary/aromatic N) is 3. The lowest BCUT2D eigenvalue weighted by Gasteiger charge is -2.25. The fourth-order valence-corrected chi connectivity index (χ4v) is 2.83. The molecule has 0 aliphatic heterocycles. The predicted molar refractivity (Wildman–Crippen MR) is 94.4 cm³/mol. The maximum Gasteiger partial charge on any atom is 0.329 e. The second-order valence-corrected chi connectivity index (χ2v) is 7.15. The van der Waals surface area contributed by atoms with Crippen LogP contribution in [-0.2, 0) is 9.59 Å². The number of rotatable bonds is 8. The molecule has 3 N–H and O–H groups in total. The molecule has 1 rings (SSSR count). The number of methoxy groups -OCH3 is 1. The van der Waals surface area contributed by atoms with Gasteiger partial charge in [-0.3, -0.25) is 9.59 Å². The van der Waals surface area contributed by atoms with Crippen LogP contribution in [0.3, 0.4) is 0 Å². The van der Waals surface area contributed by atoms with Crippen molar-refractivity contribution in [1.29, 1.82) is 0 Å². The summed E-state index contributed by atoms with van der Waals surface area (Å²) in [4.78, 5) is 41.9. The highest BCUT2D eigenvalue weighted by atomic mass is 32.1. The van der Waals surface area contributed by atoms with Crippen LogP contribution in [0.15, 0.2) is 0 Å². The summed E-state index contributed by atoms with van der Waals surface area (Å²) < 4.78 is 8.86. The van der Waals surface area contributed by atoms with Crippen LogP contribution >= 0.6 is 11.5 Å². The maximum absolute atomic E-state index is 13.0. The number of primary amides is 1. The van der Waals surface area contributed by atoms with Crippen molar-refractivity contribution < 1.29 is 19.1 Å². The Hall–Kier alpha value is -2.23. The van der Waals surface area contributed by atoms with E-state index < -0.39 is 23.9 Å². The molecule has 140 valence electrons. The van der Waals surface area contributed by atoms with E-state index in [9.17, 15) is 14.4 Å². The van der Waals surface area contributed by atoms with Crippen LogP contribution < -0.4 is 20.7 Å². The SMILES string of the molecule is COc1nsc(N(C(=O)CC(C)C)C(=O)C(CC(C)C)NC(N)=O)n1. The van der Waals surface area contributed by atoms with Gasteiger partial charge in [0.15, 0.2) is 0 Å². The summed E-state index contributed by atoms with van der Waals surface area (Å²) in [6, 6.07) is -1.69. The molecule has 0 aliphatic rings. The Kier molecular flexibility index (Phi) is 7.75. The van der Waals surface area contributed by atoms with Crippen molar-refractivity contribution >= 4 is 34.5 Å². The molecular weight excluding hydrogens is 346 g/mol. The van der Waals surface area contributed by atoms with Crippen LogP contribution in [-0.4, -0.2) is 40.4 Å². The smallest absolute Gasteiger partial charge is 0.329 e. The summed E-state index contributed by atoms with van der Waals surface area (Å²) in [6.45, 7) is 7.54. The third-order valence-corrected chi connectivity index (χ3v) is 3.83. The van der Waals surface area contributed by atoms with Crippen molar-refractivity contribution in [2.45, 2.75) is 46.6 Å². The van der Waals surface area contributed by atoms with Gasteiger partial charge in [0.2, 0.25) is 11.0 Å². The molecule has 0 radical (unpaired) electrons. The van der Waals surface area contributed by atoms with Gasteiger partial charge in [-0.15, -0.1) is 4.37 Å². The number of hydrogen-bond donors (Lipinski definition) is 2. The number of urea groups is 1. The van der Waals surface area contributed by atoms with Gasteiger partial charge >= 0.3 is 12.0 Å². The first kappa shape index (κ1) is 20.8. The Morgan fingerprint density at radius 2 is 1.88 bits per heavy atom. The molecule has 0 spiro atoms. The minimum absolute atomic E-state index is 0.0465. The molecule has 10 heteroatoms. The quantitative estimate of drug-likeness (QED) is 0.713. The largest absolute Gasteiger partial charge is 0.466 e. The molecule has 1 unspecified atom stereocenters. The number of nitrogens with two attached hydrogens (primary N) is 1. The maximum atomic E-state index is 13.0. The Morgan fingerprint density at radius 3 is 2.32 bits per heavy atom. The van der Waals surface area contributed by atoms with E-state index in [0.717, 1.165) is 16.4 Å². The van der Waals surface area contributed by atoms with Crippen LogP contribution in [0, 0.1) is 11.8 Å². The van der Waals surface area contributed by atoms with E-state index >= 15 is 0 Å². The lowest BCUT2D eigenvalue weighted by molar-refractivity contribution is -0.128. The number of nitrogens with one attached hydrogen (secondary N) is 1. The van der Waals surface area contributed by atoms with Crippen molar-refractivity contribution in [3.63, 3.8) is 0 Å². The first-order valence-electron chi connectivity index (χ1n) is 7.96. The lowest BCUT2D eigenvalue weighted by Crippen LogP contribution is -2.52. The first-order chi connectivity index (χ1) is 11.6. The molecule has 0 aromatic carbocycles. The van der Waals surface area contributed by atoms with Crippen LogP contribution in [0.5, 0.6) is 6.01 Å². The zero-order valence-electron chi connectivity index (χ0n) is 15.1. The second kappa shape index (κ2) is 9.30. The summed E-state index contributed by atoms with van der Waals surface area (Å²) in [7, 11) is 1.39. The Balaban J connectivity index is 3.20. The van der Waals surface area contributed by atoms with Gasteiger partial charge in [-0.1, -0.05) is 27.7 Å². The number of carbonyl (C=O) groups excluding carboxylic acids is 3. The van der Waals surface area contributed by atoms with Gasteiger partial charge in [-0.2, -0.15) is 4.98 Å². The Labute approximate surface area is 151 Å². The van der Waals surface area contributed by atoms with Crippen molar-refractivity contribution in [2.24, 2.45) is 17.6 Å². The molecule has 1 aromatic heterocycles. The average Bonchev–Trinajstić information content (AvgIpc) is 2.93. The summed E-state index contributed by atoms with van der Waals surface area (Å²) in [5.41, 5.74) is 5.18. The monoisotopic (exact) mass is 371 g/mol. The number of imide groups is 1. The molecule has 1 heterocycles. The zero-order chi connectivity index (χ0) is 19.1. The lowest BCUT2D eigenvalue weighted by atomic mass is 10.0. The second-order valence-electron chi connectivity index (χ2n) is 6.42. The minimum Gasteiger partial charge on any atom is -0.466 e. The van der Waals surface area contributed by atoms with E-state index in [-0.39, 0.29) is 29.4 Å². The Morgan fingerprint density at radius 1 is 1.24 bits per heavy atom. The summed E-state index contributed by atoms with van der Waals surface area (Å²) in [5, 5.41) is 2.52. The van der Waals surface area contributed by atoms with E-state index in [4.69, 9.17) is 10.5 Å². The fourth-order valence-electron chi connectivity index (χ4n) is 2.16. The predicted octanol–water partition coefficient (Wildman–Crippen LogP) is 1.54. The fraction of sp³-hybridized carbons (Fsp3) is 0.667. The van der Waals surface area contributed by atoms with E-state index in [2.05, 4.69) is 14.7 Å². The topological polar surface area (TPSA) is 128 Å². The molecular formula is C15H25N5O4S. The number of ether oxygens (including phenoxy) is 1. The molecule has 4 amide bonds. The molecule has 0 saturated heterocycles. The highest BCUT2D eigenvalue weighted by Gasteiger charge is 2.34. The molecule has 1 atom stereocenters. The van der Waals surface area contributed by atoms with Gasteiger partial charge in [0.05, 0.1) is 7.11 Å². The molecule has 0 saturated carbocycles.